The molecule has 1 rings (SSSR count). The summed E-state index contributed by atoms with van der Waals surface area (Å²) in [6.45, 7) is 1.17. The summed E-state index contributed by atoms with van der Waals surface area (Å²) in [7, 11) is 0. The van der Waals surface area contributed by atoms with E-state index < -0.39 is 6.03 Å². The molecule has 8 nitrogen and oxygen atoms in total. The topological polar surface area (TPSA) is 115 Å². The molecule has 0 unspecified atom stereocenters. The fraction of sp³-hybridized carbons (Fsp3) is 0.455. The average Bonchev–Trinajstić information content (AvgIpc) is 2.45. The number of amides is 2. The van der Waals surface area contributed by atoms with Crippen molar-refractivity contribution in [2.45, 2.75) is 20.1 Å². The number of hydrogen-bond donors (Lipinski definition) is 3. The van der Waals surface area contributed by atoms with E-state index in [-0.39, 0.29) is 43.7 Å². The number of aromatic hydroxyl groups is 1. The second-order valence-corrected chi connectivity index (χ2v) is 4.28. The monoisotopic (exact) mass is 338 g/mol. The minimum absolute atomic E-state index is 0. The lowest BCUT2D eigenvalue weighted by Crippen LogP contribution is -2.37. The summed E-state index contributed by atoms with van der Waals surface area (Å²) in [5, 5.41) is 24.6. The van der Waals surface area contributed by atoms with Crippen LogP contribution in [0.1, 0.15) is 16.8 Å². The molecule has 0 aliphatic rings. The first kappa shape index (κ1) is 19.4. The number of carbonyl (C=O) groups is 1. The number of pyridine rings is 1. The summed E-state index contributed by atoms with van der Waals surface area (Å²) in [6.07, 6.45) is 1.41. The van der Waals surface area contributed by atoms with Crippen molar-refractivity contribution < 1.29 is 15.0 Å². The Hall–Kier alpha value is -1.64. The van der Waals surface area contributed by atoms with Crippen LogP contribution in [-0.2, 0) is 13.2 Å². The first-order chi connectivity index (χ1) is 9.54. The van der Waals surface area contributed by atoms with Gasteiger partial charge in [-0.15, -0.1) is 28.9 Å². The molecule has 0 aliphatic heterocycles. The Labute approximate surface area is 132 Å². The van der Waals surface area contributed by atoms with Crippen molar-refractivity contribution in [2.75, 3.05) is 12.4 Å². The highest BCUT2D eigenvalue weighted by Gasteiger charge is 2.16. The van der Waals surface area contributed by atoms with Crippen LogP contribution in [0.25, 0.3) is 0 Å². The number of urea groups is 1. The van der Waals surface area contributed by atoms with Crippen LogP contribution in [-0.4, -0.2) is 38.7 Å². The molecule has 1 aromatic heterocycles. The van der Waals surface area contributed by atoms with Crippen LogP contribution in [0.15, 0.2) is 11.5 Å². The molecule has 0 atom stereocenters. The molecule has 0 spiro atoms. The standard InChI is InChI=1S/C11H15ClN4O4.ClH/c1-7-10(18)9(8(6-17)4-13-7)5-14-11(19)16(15-20)3-2-12;/h4,17-18H,2-3,5-6H2,1H3,(H,14,19);1H. The minimum Gasteiger partial charge on any atom is -0.506 e. The lowest BCUT2D eigenvalue weighted by atomic mass is 10.1. The maximum absolute atomic E-state index is 11.6. The van der Waals surface area contributed by atoms with E-state index in [4.69, 9.17) is 11.6 Å². The number of nitroso groups, excluding NO2 is 1. The fourth-order valence-corrected chi connectivity index (χ4v) is 1.69. The summed E-state index contributed by atoms with van der Waals surface area (Å²) in [5.74, 6) is -0.0412. The van der Waals surface area contributed by atoms with Gasteiger partial charge in [0.15, 0.2) is 0 Å². The quantitative estimate of drug-likeness (QED) is 0.412. The van der Waals surface area contributed by atoms with E-state index in [1.54, 1.807) is 6.92 Å². The Kier molecular flexibility index (Phi) is 8.60. The third-order valence-corrected chi connectivity index (χ3v) is 2.82. The Bertz CT molecular complexity index is 501. The summed E-state index contributed by atoms with van der Waals surface area (Å²) in [4.78, 5) is 26.0. The Morgan fingerprint density at radius 2 is 2.24 bits per heavy atom. The van der Waals surface area contributed by atoms with Gasteiger partial charge in [-0.2, -0.15) is 5.01 Å². The summed E-state index contributed by atoms with van der Waals surface area (Å²) in [5.41, 5.74) is 1.10. The van der Waals surface area contributed by atoms with Gasteiger partial charge in [-0.25, -0.2) is 4.79 Å². The van der Waals surface area contributed by atoms with Gasteiger partial charge in [0.25, 0.3) is 0 Å². The number of aliphatic hydroxyl groups excluding tert-OH is 1. The summed E-state index contributed by atoms with van der Waals surface area (Å²) >= 11 is 5.43. The molecule has 0 bridgehead atoms. The number of nitrogens with one attached hydrogen (secondary N) is 1. The van der Waals surface area contributed by atoms with Crippen LogP contribution in [0.3, 0.4) is 0 Å². The van der Waals surface area contributed by atoms with Crippen LogP contribution >= 0.6 is 24.0 Å². The molecule has 0 aliphatic carbocycles. The zero-order valence-electron chi connectivity index (χ0n) is 11.2. The molecule has 3 N–H and O–H groups in total. The van der Waals surface area contributed by atoms with Gasteiger partial charge in [-0.1, -0.05) is 0 Å². The maximum atomic E-state index is 11.6. The number of halogens is 2. The predicted molar refractivity (Wildman–Crippen MR) is 79.3 cm³/mol. The van der Waals surface area contributed by atoms with Crippen LogP contribution in [0, 0.1) is 11.8 Å². The van der Waals surface area contributed by atoms with E-state index in [2.05, 4.69) is 15.6 Å². The molecule has 0 aromatic carbocycles. The van der Waals surface area contributed by atoms with E-state index in [0.29, 0.717) is 21.8 Å². The zero-order chi connectivity index (χ0) is 15.1. The van der Waals surface area contributed by atoms with Crippen LogP contribution in [0.5, 0.6) is 5.75 Å². The number of aliphatic hydroxyl groups is 1. The van der Waals surface area contributed by atoms with Crippen molar-refractivity contribution in [3.63, 3.8) is 0 Å². The molecular weight excluding hydrogens is 323 g/mol. The average molecular weight is 339 g/mol. The van der Waals surface area contributed by atoms with Crippen molar-refractivity contribution in [2.24, 2.45) is 5.29 Å². The summed E-state index contributed by atoms with van der Waals surface area (Å²) in [6, 6.07) is -0.738. The number of nitrogens with zero attached hydrogens (tertiary/aromatic N) is 3. The lowest BCUT2D eigenvalue weighted by Gasteiger charge is -2.15. The molecule has 2 amide bonds. The number of aromatic nitrogens is 1. The van der Waals surface area contributed by atoms with E-state index in [0.717, 1.165) is 0 Å². The molecule has 0 radical (unpaired) electrons. The Morgan fingerprint density at radius 1 is 1.57 bits per heavy atom. The van der Waals surface area contributed by atoms with Gasteiger partial charge >= 0.3 is 6.03 Å². The third kappa shape index (κ3) is 5.00. The predicted octanol–water partition coefficient (Wildman–Crippen LogP) is 1.44. The molecule has 0 saturated heterocycles. The van der Waals surface area contributed by atoms with Gasteiger partial charge in [0, 0.05) is 29.7 Å². The highest BCUT2D eigenvalue weighted by atomic mass is 35.5. The van der Waals surface area contributed by atoms with Crippen molar-refractivity contribution in [1.82, 2.24) is 15.3 Å². The van der Waals surface area contributed by atoms with Crippen molar-refractivity contribution in [1.29, 1.82) is 0 Å². The van der Waals surface area contributed by atoms with E-state index in [9.17, 15) is 19.9 Å². The highest BCUT2D eigenvalue weighted by molar-refractivity contribution is 6.18. The Balaban J connectivity index is 0.00000400. The molecular formula is C11H16Cl2N4O4. The van der Waals surface area contributed by atoms with Crippen LogP contribution in [0.2, 0.25) is 0 Å². The smallest absolute Gasteiger partial charge is 0.340 e. The number of alkyl halides is 1. The maximum Gasteiger partial charge on any atom is 0.340 e. The zero-order valence-corrected chi connectivity index (χ0v) is 12.8. The number of aryl methyl sites for hydroxylation is 1. The van der Waals surface area contributed by atoms with Gasteiger partial charge in [-0.3, -0.25) is 4.98 Å². The second-order valence-electron chi connectivity index (χ2n) is 3.91. The van der Waals surface area contributed by atoms with Gasteiger partial charge in [0.2, 0.25) is 0 Å². The van der Waals surface area contributed by atoms with Gasteiger partial charge < -0.3 is 15.5 Å². The molecule has 118 valence electrons. The molecule has 10 heteroatoms. The third-order valence-electron chi connectivity index (χ3n) is 2.65. The van der Waals surface area contributed by atoms with Crippen molar-refractivity contribution in [3.05, 3.63) is 27.9 Å². The minimum atomic E-state index is -0.738. The van der Waals surface area contributed by atoms with Crippen LogP contribution < -0.4 is 5.32 Å². The normalized spacial score (nSPS) is 9.67. The van der Waals surface area contributed by atoms with Crippen LogP contribution in [0.4, 0.5) is 4.79 Å². The summed E-state index contributed by atoms with van der Waals surface area (Å²) < 4.78 is 0. The number of rotatable bonds is 6. The van der Waals surface area contributed by atoms with Gasteiger partial charge in [-0.05, 0) is 6.92 Å². The lowest BCUT2D eigenvalue weighted by molar-refractivity contribution is 0.201. The number of carbonyl (C=O) groups excluding carboxylic acids is 1. The van der Waals surface area contributed by atoms with Crippen molar-refractivity contribution in [3.8, 4) is 5.75 Å². The first-order valence-corrected chi connectivity index (χ1v) is 6.30. The molecule has 1 heterocycles. The fourth-order valence-electron chi connectivity index (χ4n) is 1.53. The van der Waals surface area contributed by atoms with Gasteiger partial charge in [0.1, 0.15) is 5.75 Å². The van der Waals surface area contributed by atoms with Crippen molar-refractivity contribution >= 4 is 30.0 Å². The molecule has 0 saturated carbocycles. The second kappa shape index (κ2) is 9.32. The number of hydrogen-bond acceptors (Lipinski definition) is 6. The SMILES string of the molecule is Cc1ncc(CO)c(CNC(=O)N(CCCl)N=O)c1O.Cl. The first-order valence-electron chi connectivity index (χ1n) is 5.76. The molecule has 0 fully saturated rings. The van der Waals surface area contributed by atoms with E-state index in [1.807, 2.05) is 0 Å². The highest BCUT2D eigenvalue weighted by Crippen LogP contribution is 2.23. The largest absolute Gasteiger partial charge is 0.506 e. The molecule has 1 aromatic rings. The van der Waals surface area contributed by atoms with E-state index >= 15 is 0 Å². The molecule has 21 heavy (non-hydrogen) atoms. The van der Waals surface area contributed by atoms with Gasteiger partial charge in [0.05, 0.1) is 24.1 Å². The van der Waals surface area contributed by atoms with E-state index in [1.165, 1.54) is 6.20 Å². The Morgan fingerprint density at radius 3 is 2.76 bits per heavy atom.